The molecule has 1 atom stereocenters. The highest BCUT2D eigenvalue weighted by Gasteiger charge is 2.21. The van der Waals surface area contributed by atoms with E-state index in [-0.39, 0.29) is 16.5 Å². The van der Waals surface area contributed by atoms with Gasteiger partial charge >= 0.3 is 6.03 Å². The van der Waals surface area contributed by atoms with Crippen molar-refractivity contribution in [1.29, 1.82) is 0 Å². The van der Waals surface area contributed by atoms with Crippen LogP contribution in [-0.2, 0) is 27.7 Å². The number of halogens is 3. The Bertz CT molecular complexity index is 1690. The second kappa shape index (κ2) is 12.5. The van der Waals surface area contributed by atoms with Crippen LogP contribution in [0.1, 0.15) is 16.7 Å². The molecule has 1 aliphatic rings. The maximum absolute atomic E-state index is 13.4. The number of carbonyl (C=O) groups excluding carboxylic acids is 1. The summed E-state index contributed by atoms with van der Waals surface area (Å²) >= 11 is 0. The van der Waals surface area contributed by atoms with Crippen molar-refractivity contribution >= 4 is 33.3 Å². The number of sulfonamides is 1. The molecule has 2 amide bonds. The zero-order valence-electron chi connectivity index (χ0n) is 22.0. The molecule has 0 saturated carbocycles. The zero-order chi connectivity index (χ0) is 29.7. The van der Waals surface area contributed by atoms with Crippen LogP contribution >= 0.6 is 0 Å². The molecule has 3 N–H and O–H groups in total. The van der Waals surface area contributed by atoms with E-state index in [1.165, 1.54) is 29.8 Å². The van der Waals surface area contributed by atoms with Gasteiger partial charge in [-0.3, -0.25) is 0 Å². The number of aliphatic imine (C=N–C) groups is 1. The van der Waals surface area contributed by atoms with Gasteiger partial charge in [-0.15, -0.1) is 0 Å². The predicted octanol–water partition coefficient (Wildman–Crippen LogP) is 5.61. The van der Waals surface area contributed by atoms with E-state index >= 15 is 0 Å². The highest BCUT2D eigenvalue weighted by atomic mass is 32.2. The van der Waals surface area contributed by atoms with Crippen molar-refractivity contribution < 1.29 is 31.1 Å². The largest absolute Gasteiger partial charge is 0.475 e. The Balaban J connectivity index is 1.13. The topological polar surface area (TPSA) is 109 Å². The van der Waals surface area contributed by atoms with E-state index in [0.717, 1.165) is 12.0 Å². The fourth-order valence-electron chi connectivity index (χ4n) is 4.24. The van der Waals surface area contributed by atoms with Crippen LogP contribution in [0.25, 0.3) is 0 Å². The Kier molecular flexibility index (Phi) is 8.55. The lowest BCUT2D eigenvalue weighted by atomic mass is 10.1. The average molecular weight is 595 g/mol. The molecule has 8 nitrogen and oxygen atoms in total. The van der Waals surface area contributed by atoms with Gasteiger partial charge in [0.1, 0.15) is 6.61 Å². The molecule has 5 rings (SSSR count). The number of anilines is 2. The molecule has 0 unspecified atom stereocenters. The molecule has 1 heterocycles. The van der Waals surface area contributed by atoms with Gasteiger partial charge in [-0.05, 0) is 78.2 Å². The minimum atomic E-state index is -4.06. The number of hydrogen-bond donors (Lipinski definition) is 3. The summed E-state index contributed by atoms with van der Waals surface area (Å²) in [4.78, 5) is 17.0. The minimum Gasteiger partial charge on any atom is -0.475 e. The number of urea groups is 1. The minimum absolute atomic E-state index is 0.0343. The summed E-state index contributed by atoms with van der Waals surface area (Å²) in [7, 11) is -4.06. The summed E-state index contributed by atoms with van der Waals surface area (Å²) in [6.07, 6.45) is 0.784. The van der Waals surface area contributed by atoms with E-state index < -0.39 is 40.1 Å². The molecule has 42 heavy (non-hydrogen) atoms. The second-order valence-corrected chi connectivity index (χ2v) is 11.2. The van der Waals surface area contributed by atoms with Crippen LogP contribution in [0.5, 0.6) is 0 Å². The Hall–Kier alpha value is -4.68. The molecule has 4 aromatic rings. The van der Waals surface area contributed by atoms with Crippen LogP contribution in [0.4, 0.5) is 29.3 Å². The molecule has 1 aliphatic heterocycles. The molecule has 0 fully saturated rings. The first kappa shape index (κ1) is 28.8. The van der Waals surface area contributed by atoms with E-state index in [0.29, 0.717) is 36.0 Å². The average Bonchev–Trinajstić information content (AvgIpc) is 3.44. The third-order valence-corrected chi connectivity index (χ3v) is 7.77. The summed E-state index contributed by atoms with van der Waals surface area (Å²) in [5, 5.41) is 5.31. The molecule has 0 radical (unpaired) electrons. The van der Waals surface area contributed by atoms with Crippen LogP contribution in [-0.4, -0.2) is 33.0 Å². The fourth-order valence-corrected chi connectivity index (χ4v) is 5.26. The molecule has 0 bridgehead atoms. The monoisotopic (exact) mass is 594 g/mol. The van der Waals surface area contributed by atoms with E-state index in [1.54, 1.807) is 24.3 Å². The second-order valence-electron chi connectivity index (χ2n) is 9.47. The molecule has 0 aromatic heterocycles. The van der Waals surface area contributed by atoms with Crippen molar-refractivity contribution in [2.24, 2.45) is 4.99 Å². The first-order chi connectivity index (χ1) is 20.2. The lowest BCUT2D eigenvalue weighted by Gasteiger charge is -2.10. The first-order valence-electron chi connectivity index (χ1n) is 12.8. The molecule has 0 spiro atoms. The van der Waals surface area contributed by atoms with Crippen LogP contribution < -0.4 is 15.4 Å². The molecule has 216 valence electrons. The van der Waals surface area contributed by atoms with Gasteiger partial charge in [-0.1, -0.05) is 30.3 Å². The van der Waals surface area contributed by atoms with Gasteiger partial charge in [-0.2, -0.15) is 0 Å². The van der Waals surface area contributed by atoms with Gasteiger partial charge in [0.05, 0.1) is 10.9 Å². The van der Waals surface area contributed by atoms with Crippen molar-refractivity contribution in [3.63, 3.8) is 0 Å². The van der Waals surface area contributed by atoms with Gasteiger partial charge in [0.2, 0.25) is 15.9 Å². The van der Waals surface area contributed by atoms with Crippen molar-refractivity contribution in [3.05, 3.63) is 125 Å². The standard InChI is InChI=1S/C30H25F3N4O4S/c31-26-15-20(16-27(32)28(26)33)17-34-42(39,40)25-12-10-23(11-13-25)37-30(38)36-22-8-6-21(7-9-22)29-35-24(18-41-29)14-19-4-2-1-3-5-19/h1-13,15-16,24,34H,14,17-18H2,(H2,36,37,38)/t24-/m1/s1. The van der Waals surface area contributed by atoms with E-state index in [2.05, 4.69) is 32.5 Å². The highest BCUT2D eigenvalue weighted by molar-refractivity contribution is 7.89. The van der Waals surface area contributed by atoms with E-state index in [4.69, 9.17) is 4.74 Å². The van der Waals surface area contributed by atoms with E-state index in [1.807, 2.05) is 18.2 Å². The third-order valence-electron chi connectivity index (χ3n) is 6.35. The van der Waals surface area contributed by atoms with Crippen LogP contribution in [0.15, 0.2) is 101 Å². The van der Waals surface area contributed by atoms with Crippen LogP contribution in [0.3, 0.4) is 0 Å². The molecular formula is C30H25F3N4O4S. The maximum atomic E-state index is 13.4. The molecule has 4 aromatic carbocycles. The molecular weight excluding hydrogens is 569 g/mol. The quantitative estimate of drug-likeness (QED) is 0.219. The summed E-state index contributed by atoms with van der Waals surface area (Å²) in [5.41, 5.74) is 2.73. The Morgan fingerprint density at radius 2 is 1.43 bits per heavy atom. The molecule has 12 heteroatoms. The number of rotatable bonds is 9. The molecule has 0 aliphatic carbocycles. The van der Waals surface area contributed by atoms with E-state index in [9.17, 15) is 26.4 Å². The number of benzene rings is 4. The normalized spacial score (nSPS) is 14.6. The third kappa shape index (κ3) is 7.14. The maximum Gasteiger partial charge on any atom is 0.323 e. The van der Waals surface area contributed by atoms with Gasteiger partial charge in [0.15, 0.2) is 17.5 Å². The van der Waals surface area contributed by atoms with Crippen molar-refractivity contribution in [3.8, 4) is 0 Å². The summed E-state index contributed by atoms with van der Waals surface area (Å²) < 4.78 is 72.9. The SMILES string of the molecule is O=C(Nc1ccc(C2=N[C@H](Cc3ccccc3)CO2)cc1)Nc1ccc(S(=O)(=O)NCc2cc(F)c(F)c(F)c2)cc1. The van der Waals surface area contributed by atoms with Gasteiger partial charge in [0.25, 0.3) is 0 Å². The fraction of sp³-hybridized carbons (Fsp3) is 0.133. The van der Waals surface area contributed by atoms with Crippen LogP contribution in [0, 0.1) is 17.5 Å². The lowest BCUT2D eigenvalue weighted by Crippen LogP contribution is -2.23. The number of nitrogens with one attached hydrogen (secondary N) is 3. The highest BCUT2D eigenvalue weighted by Crippen LogP contribution is 2.20. The van der Waals surface area contributed by atoms with Gasteiger partial charge < -0.3 is 15.4 Å². The Labute approximate surface area is 240 Å². The summed E-state index contributed by atoms with van der Waals surface area (Å²) in [6.45, 7) is 0.0440. The van der Waals surface area contributed by atoms with Crippen molar-refractivity contribution in [2.75, 3.05) is 17.2 Å². The van der Waals surface area contributed by atoms with Crippen molar-refractivity contribution in [2.45, 2.75) is 23.9 Å². The smallest absolute Gasteiger partial charge is 0.323 e. The summed E-state index contributed by atoms with van der Waals surface area (Å²) in [5.74, 6) is -3.92. The Morgan fingerprint density at radius 3 is 2.05 bits per heavy atom. The van der Waals surface area contributed by atoms with Crippen molar-refractivity contribution in [1.82, 2.24) is 4.72 Å². The number of carbonyl (C=O) groups is 1. The molecule has 0 saturated heterocycles. The van der Waals surface area contributed by atoms with Gasteiger partial charge in [-0.25, -0.2) is 36.1 Å². The summed E-state index contributed by atoms with van der Waals surface area (Å²) in [6, 6.07) is 23.3. The predicted molar refractivity (Wildman–Crippen MR) is 152 cm³/mol. The van der Waals surface area contributed by atoms with Crippen LogP contribution in [0.2, 0.25) is 0 Å². The number of ether oxygens (including phenoxy) is 1. The number of nitrogens with zero attached hydrogens (tertiary/aromatic N) is 1. The number of hydrogen-bond acceptors (Lipinski definition) is 5. The number of amides is 2. The Morgan fingerprint density at radius 1 is 0.833 bits per heavy atom. The van der Waals surface area contributed by atoms with Gasteiger partial charge in [0, 0.05) is 23.5 Å². The zero-order valence-corrected chi connectivity index (χ0v) is 22.8. The first-order valence-corrected chi connectivity index (χ1v) is 14.3. The lowest BCUT2D eigenvalue weighted by molar-refractivity contribution is 0.262.